The number of nitrogens with one attached hydrogen (secondary N) is 1. The van der Waals surface area contributed by atoms with Crippen LogP contribution in [-0.4, -0.2) is 46.4 Å². The Labute approximate surface area is 108 Å². The fourth-order valence-electron chi connectivity index (χ4n) is 1.54. The zero-order valence-corrected chi connectivity index (χ0v) is 11.5. The Morgan fingerprint density at radius 1 is 1.50 bits per heavy atom. The Morgan fingerprint density at radius 2 is 2.28 bits per heavy atom. The smallest absolute Gasteiger partial charge is 0.222 e. The molecule has 0 aliphatic rings. The molecule has 0 aromatic carbocycles. The number of amides is 1. The molecule has 1 aromatic heterocycles. The van der Waals surface area contributed by atoms with Gasteiger partial charge >= 0.3 is 0 Å². The molecule has 0 radical (unpaired) electrons. The number of aromatic nitrogens is 3. The molecule has 0 atom stereocenters. The molecule has 0 saturated carbocycles. The van der Waals surface area contributed by atoms with Crippen LogP contribution in [0.2, 0.25) is 0 Å². The van der Waals surface area contributed by atoms with Crippen molar-refractivity contribution in [2.45, 2.75) is 39.3 Å². The fraction of sp³-hybridized carbons (Fsp3) is 0.750. The van der Waals surface area contributed by atoms with Gasteiger partial charge in [0, 0.05) is 39.8 Å². The lowest BCUT2D eigenvalue weighted by atomic mass is 10.3. The Kier molecular flexibility index (Phi) is 6.35. The molecule has 0 aliphatic heterocycles. The largest absolute Gasteiger partial charge is 0.349 e. The molecule has 0 saturated heterocycles. The van der Waals surface area contributed by atoms with Crippen molar-refractivity contribution >= 4 is 5.91 Å². The van der Waals surface area contributed by atoms with Crippen LogP contribution in [0.1, 0.15) is 31.9 Å². The maximum atomic E-state index is 11.4. The highest BCUT2D eigenvalue weighted by atomic mass is 16.2. The maximum Gasteiger partial charge on any atom is 0.222 e. The van der Waals surface area contributed by atoms with Crippen molar-refractivity contribution in [1.82, 2.24) is 25.2 Å². The minimum Gasteiger partial charge on any atom is -0.349 e. The lowest BCUT2D eigenvalue weighted by Crippen LogP contribution is -2.21. The Balaban J connectivity index is 2.24. The van der Waals surface area contributed by atoms with Crippen LogP contribution in [0.4, 0.5) is 0 Å². The summed E-state index contributed by atoms with van der Waals surface area (Å²) in [6.45, 7) is 4.61. The lowest BCUT2D eigenvalue weighted by Gasteiger charge is -2.09. The monoisotopic (exact) mass is 253 g/mol. The van der Waals surface area contributed by atoms with Gasteiger partial charge in [-0.2, -0.15) is 0 Å². The summed E-state index contributed by atoms with van der Waals surface area (Å²) in [6, 6.07) is 0. The van der Waals surface area contributed by atoms with Gasteiger partial charge in [-0.3, -0.25) is 9.48 Å². The zero-order chi connectivity index (χ0) is 13.4. The second kappa shape index (κ2) is 7.81. The van der Waals surface area contributed by atoms with Crippen LogP contribution >= 0.6 is 0 Å². The van der Waals surface area contributed by atoms with Gasteiger partial charge in [0.05, 0.1) is 5.69 Å². The van der Waals surface area contributed by atoms with E-state index in [0.29, 0.717) is 6.42 Å². The van der Waals surface area contributed by atoms with Crippen molar-refractivity contribution in [3.05, 3.63) is 11.9 Å². The summed E-state index contributed by atoms with van der Waals surface area (Å²) in [6.07, 6.45) is 4.39. The minimum atomic E-state index is 0.153. The average Bonchev–Trinajstić information content (AvgIpc) is 2.77. The predicted molar refractivity (Wildman–Crippen MR) is 69.9 cm³/mol. The van der Waals surface area contributed by atoms with Crippen molar-refractivity contribution in [3.8, 4) is 0 Å². The predicted octanol–water partition coefficient (Wildman–Crippen LogP) is 0.646. The third-order valence-corrected chi connectivity index (χ3v) is 2.60. The normalized spacial score (nSPS) is 10.6. The third-order valence-electron chi connectivity index (χ3n) is 2.60. The SMILES string of the molecule is CCCNCc1cn(CCCC(=O)N(C)C)nn1. The molecular weight excluding hydrogens is 230 g/mol. The number of hydrogen-bond acceptors (Lipinski definition) is 4. The molecule has 1 amide bonds. The maximum absolute atomic E-state index is 11.4. The van der Waals surface area contributed by atoms with Crippen LogP contribution in [0, 0.1) is 0 Å². The van der Waals surface area contributed by atoms with Gasteiger partial charge in [0.25, 0.3) is 0 Å². The first-order valence-corrected chi connectivity index (χ1v) is 6.43. The summed E-state index contributed by atoms with van der Waals surface area (Å²) in [5.41, 5.74) is 0.947. The van der Waals surface area contributed by atoms with E-state index in [9.17, 15) is 4.79 Å². The van der Waals surface area contributed by atoms with Gasteiger partial charge in [0.2, 0.25) is 5.91 Å². The van der Waals surface area contributed by atoms with Crippen LogP contribution in [0.5, 0.6) is 0 Å². The third kappa shape index (κ3) is 5.27. The van der Waals surface area contributed by atoms with Crippen molar-refractivity contribution in [3.63, 3.8) is 0 Å². The van der Waals surface area contributed by atoms with E-state index in [1.807, 2.05) is 6.20 Å². The van der Waals surface area contributed by atoms with Crippen molar-refractivity contribution < 1.29 is 4.79 Å². The van der Waals surface area contributed by atoms with E-state index in [4.69, 9.17) is 0 Å². The number of rotatable bonds is 8. The minimum absolute atomic E-state index is 0.153. The van der Waals surface area contributed by atoms with E-state index in [2.05, 4.69) is 22.6 Å². The second-order valence-electron chi connectivity index (χ2n) is 4.54. The molecule has 0 aliphatic carbocycles. The molecule has 102 valence electrons. The Hall–Kier alpha value is -1.43. The van der Waals surface area contributed by atoms with Crippen LogP contribution in [0.3, 0.4) is 0 Å². The quantitative estimate of drug-likeness (QED) is 0.691. The van der Waals surface area contributed by atoms with Crippen LogP contribution in [0.25, 0.3) is 0 Å². The fourth-order valence-corrected chi connectivity index (χ4v) is 1.54. The summed E-state index contributed by atoms with van der Waals surface area (Å²) >= 11 is 0. The molecule has 1 aromatic rings. The molecule has 6 heteroatoms. The average molecular weight is 253 g/mol. The zero-order valence-electron chi connectivity index (χ0n) is 11.5. The molecule has 1 heterocycles. The van der Waals surface area contributed by atoms with Crippen LogP contribution < -0.4 is 5.32 Å². The summed E-state index contributed by atoms with van der Waals surface area (Å²) in [4.78, 5) is 13.0. The molecule has 0 fully saturated rings. The number of carbonyl (C=O) groups excluding carboxylic acids is 1. The summed E-state index contributed by atoms with van der Waals surface area (Å²) < 4.78 is 1.80. The van der Waals surface area contributed by atoms with Gasteiger partial charge in [0.15, 0.2) is 0 Å². The van der Waals surface area contributed by atoms with Crippen molar-refractivity contribution in [2.24, 2.45) is 0 Å². The molecule has 0 bridgehead atoms. The standard InChI is InChI=1S/C12H23N5O/c1-4-7-13-9-11-10-17(15-14-11)8-5-6-12(18)16(2)3/h10,13H,4-9H2,1-3H3. The highest BCUT2D eigenvalue weighted by molar-refractivity contribution is 5.75. The highest BCUT2D eigenvalue weighted by Gasteiger charge is 2.04. The summed E-state index contributed by atoms with van der Waals surface area (Å²) in [5.74, 6) is 0.153. The first-order chi connectivity index (χ1) is 8.63. The van der Waals surface area contributed by atoms with Crippen molar-refractivity contribution in [1.29, 1.82) is 0 Å². The van der Waals surface area contributed by atoms with E-state index in [1.165, 1.54) is 0 Å². The van der Waals surface area contributed by atoms with Gasteiger partial charge in [-0.15, -0.1) is 5.10 Å². The molecule has 0 spiro atoms. The van der Waals surface area contributed by atoms with E-state index in [-0.39, 0.29) is 5.91 Å². The molecule has 0 unspecified atom stereocenters. The van der Waals surface area contributed by atoms with Crippen LogP contribution in [0.15, 0.2) is 6.20 Å². The summed E-state index contributed by atoms with van der Waals surface area (Å²) in [5, 5.41) is 11.4. The second-order valence-corrected chi connectivity index (χ2v) is 4.54. The van der Waals surface area contributed by atoms with Crippen LogP contribution in [-0.2, 0) is 17.9 Å². The molecular formula is C12H23N5O. The number of nitrogens with zero attached hydrogens (tertiary/aromatic N) is 4. The number of hydrogen-bond donors (Lipinski definition) is 1. The molecule has 1 rings (SSSR count). The first-order valence-electron chi connectivity index (χ1n) is 6.43. The van der Waals surface area contributed by atoms with E-state index in [0.717, 1.165) is 38.2 Å². The topological polar surface area (TPSA) is 63.1 Å². The van der Waals surface area contributed by atoms with E-state index >= 15 is 0 Å². The summed E-state index contributed by atoms with van der Waals surface area (Å²) in [7, 11) is 3.55. The number of carbonyl (C=O) groups is 1. The van der Waals surface area contributed by atoms with Gasteiger partial charge in [-0.05, 0) is 19.4 Å². The number of aryl methyl sites for hydroxylation is 1. The van der Waals surface area contributed by atoms with Gasteiger partial charge in [0.1, 0.15) is 0 Å². The lowest BCUT2D eigenvalue weighted by molar-refractivity contribution is -0.128. The van der Waals surface area contributed by atoms with Gasteiger partial charge in [-0.1, -0.05) is 12.1 Å². The van der Waals surface area contributed by atoms with Gasteiger partial charge in [-0.25, -0.2) is 0 Å². The first kappa shape index (κ1) is 14.6. The van der Waals surface area contributed by atoms with E-state index < -0.39 is 0 Å². The van der Waals surface area contributed by atoms with Crippen molar-refractivity contribution in [2.75, 3.05) is 20.6 Å². The Morgan fingerprint density at radius 3 is 2.94 bits per heavy atom. The van der Waals surface area contributed by atoms with E-state index in [1.54, 1.807) is 23.7 Å². The van der Waals surface area contributed by atoms with Gasteiger partial charge < -0.3 is 10.2 Å². The highest BCUT2D eigenvalue weighted by Crippen LogP contribution is 1.99. The molecule has 1 N–H and O–H groups in total. The Bertz CT molecular complexity index is 361. The molecule has 6 nitrogen and oxygen atoms in total. The molecule has 18 heavy (non-hydrogen) atoms.